The Morgan fingerprint density at radius 3 is 2.76 bits per heavy atom. The molecule has 1 aromatic rings. The fourth-order valence-electron chi connectivity index (χ4n) is 2.25. The van der Waals surface area contributed by atoms with E-state index in [0.29, 0.717) is 6.04 Å². The molecule has 1 fully saturated rings. The van der Waals surface area contributed by atoms with Gasteiger partial charge in [0.25, 0.3) is 0 Å². The summed E-state index contributed by atoms with van der Waals surface area (Å²) >= 11 is 0. The molecule has 1 aromatic carbocycles. The van der Waals surface area contributed by atoms with Crippen LogP contribution >= 0.6 is 12.4 Å². The SMILES string of the molecule is Cl.NCC1CCCN1CCOc1ccccc1. The van der Waals surface area contributed by atoms with E-state index in [0.717, 1.165) is 25.4 Å². The first kappa shape index (κ1) is 14.3. The molecule has 0 aromatic heterocycles. The van der Waals surface area contributed by atoms with Crippen LogP contribution in [0.3, 0.4) is 0 Å². The topological polar surface area (TPSA) is 38.5 Å². The highest BCUT2D eigenvalue weighted by molar-refractivity contribution is 5.85. The Morgan fingerprint density at radius 2 is 2.06 bits per heavy atom. The molecule has 0 amide bonds. The lowest BCUT2D eigenvalue weighted by atomic mass is 10.2. The van der Waals surface area contributed by atoms with Gasteiger partial charge in [-0.25, -0.2) is 0 Å². The molecule has 0 aliphatic carbocycles. The third-order valence-corrected chi connectivity index (χ3v) is 3.16. The molecule has 3 nitrogen and oxygen atoms in total. The predicted octanol–water partition coefficient (Wildman–Crippen LogP) is 1.91. The summed E-state index contributed by atoms with van der Waals surface area (Å²) in [6.07, 6.45) is 2.51. The molecule has 1 aliphatic rings. The first-order valence-corrected chi connectivity index (χ1v) is 6.02. The number of benzene rings is 1. The zero-order valence-electron chi connectivity index (χ0n) is 10.0. The largest absolute Gasteiger partial charge is 0.492 e. The molecule has 0 radical (unpaired) electrons. The van der Waals surface area contributed by atoms with Crippen LogP contribution in [0.5, 0.6) is 5.75 Å². The van der Waals surface area contributed by atoms with Crippen molar-refractivity contribution in [2.24, 2.45) is 5.73 Å². The van der Waals surface area contributed by atoms with Gasteiger partial charge >= 0.3 is 0 Å². The molecular weight excluding hydrogens is 236 g/mol. The van der Waals surface area contributed by atoms with Crippen molar-refractivity contribution < 1.29 is 4.74 Å². The quantitative estimate of drug-likeness (QED) is 0.875. The van der Waals surface area contributed by atoms with Crippen LogP contribution in [-0.2, 0) is 0 Å². The Balaban J connectivity index is 0.00000144. The summed E-state index contributed by atoms with van der Waals surface area (Å²) in [7, 11) is 0. The maximum absolute atomic E-state index is 5.72. The van der Waals surface area contributed by atoms with E-state index >= 15 is 0 Å². The van der Waals surface area contributed by atoms with Crippen molar-refractivity contribution in [3.05, 3.63) is 30.3 Å². The van der Waals surface area contributed by atoms with Gasteiger partial charge < -0.3 is 10.5 Å². The van der Waals surface area contributed by atoms with Crippen molar-refractivity contribution in [2.75, 3.05) is 26.2 Å². The number of ether oxygens (including phenoxy) is 1. The van der Waals surface area contributed by atoms with Gasteiger partial charge in [0.2, 0.25) is 0 Å². The van der Waals surface area contributed by atoms with Crippen LogP contribution in [-0.4, -0.2) is 37.2 Å². The monoisotopic (exact) mass is 256 g/mol. The van der Waals surface area contributed by atoms with Crippen LogP contribution in [0.15, 0.2) is 30.3 Å². The standard InChI is InChI=1S/C13H20N2O.ClH/c14-11-12-5-4-8-15(12)9-10-16-13-6-2-1-3-7-13;/h1-3,6-7,12H,4-5,8-11,14H2;1H. The molecule has 0 bridgehead atoms. The summed E-state index contributed by atoms with van der Waals surface area (Å²) in [5.41, 5.74) is 5.72. The normalized spacial score (nSPS) is 19.9. The maximum atomic E-state index is 5.72. The fourth-order valence-corrected chi connectivity index (χ4v) is 2.25. The summed E-state index contributed by atoms with van der Waals surface area (Å²) in [5.74, 6) is 0.950. The Labute approximate surface area is 109 Å². The number of hydrogen-bond acceptors (Lipinski definition) is 3. The highest BCUT2D eigenvalue weighted by Gasteiger charge is 2.22. The third kappa shape index (κ3) is 4.19. The Hall–Kier alpha value is -0.770. The van der Waals surface area contributed by atoms with Crippen molar-refractivity contribution in [1.82, 2.24) is 4.90 Å². The zero-order chi connectivity index (χ0) is 11.2. The van der Waals surface area contributed by atoms with Gasteiger partial charge in [0, 0.05) is 19.1 Å². The summed E-state index contributed by atoms with van der Waals surface area (Å²) in [4.78, 5) is 2.43. The van der Waals surface area contributed by atoms with Gasteiger partial charge in [-0.05, 0) is 31.5 Å². The predicted molar refractivity (Wildman–Crippen MR) is 72.8 cm³/mol. The molecule has 1 atom stereocenters. The van der Waals surface area contributed by atoms with Crippen molar-refractivity contribution in [3.8, 4) is 5.75 Å². The molecule has 1 saturated heterocycles. The molecule has 1 aliphatic heterocycles. The minimum atomic E-state index is 0. The molecule has 2 N–H and O–H groups in total. The Morgan fingerprint density at radius 1 is 1.29 bits per heavy atom. The lowest BCUT2D eigenvalue weighted by Gasteiger charge is -2.22. The van der Waals surface area contributed by atoms with Crippen LogP contribution in [0, 0.1) is 0 Å². The summed E-state index contributed by atoms with van der Waals surface area (Å²) in [6, 6.07) is 10.5. The molecular formula is C13H21ClN2O. The molecule has 1 unspecified atom stereocenters. The van der Waals surface area contributed by atoms with Gasteiger partial charge in [-0.1, -0.05) is 18.2 Å². The van der Waals surface area contributed by atoms with Gasteiger partial charge in [-0.15, -0.1) is 12.4 Å². The van der Waals surface area contributed by atoms with Gasteiger partial charge in [0.05, 0.1) is 0 Å². The average molecular weight is 257 g/mol. The lowest BCUT2D eigenvalue weighted by Crippen LogP contribution is -2.37. The Kier molecular flexibility index (Phi) is 6.34. The van der Waals surface area contributed by atoms with Crippen molar-refractivity contribution in [3.63, 3.8) is 0 Å². The van der Waals surface area contributed by atoms with E-state index in [-0.39, 0.29) is 12.4 Å². The number of hydrogen-bond donors (Lipinski definition) is 1. The molecule has 4 heteroatoms. The second-order valence-electron chi connectivity index (χ2n) is 4.23. The van der Waals surface area contributed by atoms with Crippen molar-refractivity contribution in [2.45, 2.75) is 18.9 Å². The molecule has 0 spiro atoms. The number of para-hydroxylation sites is 1. The smallest absolute Gasteiger partial charge is 0.119 e. The fraction of sp³-hybridized carbons (Fsp3) is 0.538. The van der Waals surface area contributed by atoms with E-state index in [9.17, 15) is 0 Å². The second-order valence-corrected chi connectivity index (χ2v) is 4.23. The van der Waals surface area contributed by atoms with E-state index in [1.54, 1.807) is 0 Å². The van der Waals surface area contributed by atoms with E-state index in [1.807, 2.05) is 30.3 Å². The van der Waals surface area contributed by atoms with Crippen LogP contribution in [0.2, 0.25) is 0 Å². The molecule has 1 heterocycles. The van der Waals surface area contributed by atoms with Crippen LogP contribution in [0.4, 0.5) is 0 Å². The van der Waals surface area contributed by atoms with Crippen molar-refractivity contribution in [1.29, 1.82) is 0 Å². The highest BCUT2D eigenvalue weighted by atomic mass is 35.5. The first-order valence-electron chi connectivity index (χ1n) is 6.02. The third-order valence-electron chi connectivity index (χ3n) is 3.16. The number of halogens is 1. The van der Waals surface area contributed by atoms with Gasteiger partial charge in [0.15, 0.2) is 0 Å². The zero-order valence-corrected chi connectivity index (χ0v) is 10.9. The molecule has 2 rings (SSSR count). The summed E-state index contributed by atoms with van der Waals surface area (Å²) < 4.78 is 5.68. The van der Waals surface area contributed by atoms with Crippen molar-refractivity contribution >= 4 is 12.4 Å². The number of rotatable bonds is 5. The number of nitrogens with zero attached hydrogens (tertiary/aromatic N) is 1. The average Bonchev–Trinajstić information content (AvgIpc) is 2.78. The van der Waals surface area contributed by atoms with Crippen LogP contribution in [0.1, 0.15) is 12.8 Å². The van der Waals surface area contributed by atoms with Gasteiger partial charge in [-0.3, -0.25) is 4.90 Å². The lowest BCUT2D eigenvalue weighted by molar-refractivity contribution is 0.199. The minimum Gasteiger partial charge on any atom is -0.492 e. The van der Waals surface area contributed by atoms with Crippen LogP contribution in [0.25, 0.3) is 0 Å². The van der Waals surface area contributed by atoms with E-state index in [1.165, 1.54) is 19.4 Å². The molecule has 0 saturated carbocycles. The molecule has 96 valence electrons. The number of nitrogens with two attached hydrogens (primary N) is 1. The first-order chi connectivity index (χ1) is 7.90. The number of likely N-dealkylation sites (tertiary alicyclic amines) is 1. The maximum Gasteiger partial charge on any atom is 0.119 e. The van der Waals surface area contributed by atoms with E-state index in [4.69, 9.17) is 10.5 Å². The Bertz CT molecular complexity index is 308. The van der Waals surface area contributed by atoms with Gasteiger partial charge in [-0.2, -0.15) is 0 Å². The van der Waals surface area contributed by atoms with E-state index in [2.05, 4.69) is 4.90 Å². The minimum absolute atomic E-state index is 0. The summed E-state index contributed by atoms with van der Waals surface area (Å²) in [6.45, 7) is 3.67. The van der Waals surface area contributed by atoms with Crippen LogP contribution < -0.4 is 10.5 Å². The highest BCUT2D eigenvalue weighted by Crippen LogP contribution is 2.15. The van der Waals surface area contributed by atoms with Gasteiger partial charge in [0.1, 0.15) is 12.4 Å². The second kappa shape index (κ2) is 7.54. The summed E-state index contributed by atoms with van der Waals surface area (Å²) in [5, 5.41) is 0. The van der Waals surface area contributed by atoms with E-state index < -0.39 is 0 Å². The molecule has 17 heavy (non-hydrogen) atoms.